The van der Waals surface area contributed by atoms with E-state index in [1.165, 1.54) is 27.8 Å². The molecule has 0 saturated carbocycles. The van der Waals surface area contributed by atoms with Gasteiger partial charge >= 0.3 is 150 Å². The Morgan fingerprint density at radius 1 is 0.750 bits per heavy atom. The van der Waals surface area contributed by atoms with Crippen molar-refractivity contribution in [1.82, 2.24) is 0 Å². The Bertz CT molecular complexity index is 750. The summed E-state index contributed by atoms with van der Waals surface area (Å²) in [6.07, 6.45) is 1.12. The second kappa shape index (κ2) is 7.25. The van der Waals surface area contributed by atoms with Crippen molar-refractivity contribution in [2.45, 2.75) is 58.8 Å². The third-order valence-electron chi connectivity index (χ3n) is 4.75. The normalized spacial score (nSPS) is 12.7. The third-order valence-corrected chi connectivity index (χ3v) is 6.35. The van der Waals surface area contributed by atoms with Gasteiger partial charge in [-0.15, -0.1) is 24.8 Å². The molecule has 0 unspecified atom stereocenters. The van der Waals surface area contributed by atoms with Gasteiger partial charge in [-0.25, -0.2) is 0 Å². The largest absolute Gasteiger partial charge is 0.147 e. The first kappa shape index (κ1) is 21.9. The van der Waals surface area contributed by atoms with Crippen molar-refractivity contribution in [2.75, 3.05) is 0 Å². The summed E-state index contributed by atoms with van der Waals surface area (Å²) in [5.74, 6) is 0. The van der Waals surface area contributed by atoms with Gasteiger partial charge in [-0.3, -0.25) is 0 Å². The molecule has 0 nitrogen and oxygen atoms in total. The minimum absolute atomic E-state index is 0. The molecule has 0 N–H and O–H groups in total. The van der Waals surface area contributed by atoms with Crippen LogP contribution >= 0.6 is 24.8 Å². The van der Waals surface area contributed by atoms with Gasteiger partial charge in [0, 0.05) is 0 Å². The van der Waals surface area contributed by atoms with Crippen LogP contribution in [0.1, 0.15) is 63.8 Å². The van der Waals surface area contributed by atoms with Gasteiger partial charge in [0.05, 0.1) is 0 Å². The van der Waals surface area contributed by atoms with E-state index in [1.807, 2.05) is 0 Å². The zero-order valence-electron chi connectivity index (χ0n) is 15.4. The minimum Gasteiger partial charge on any atom is -0.147 e. The van der Waals surface area contributed by atoms with Crippen LogP contribution in [0.2, 0.25) is 0 Å². The monoisotopic (exact) mass is 529 g/mol. The van der Waals surface area contributed by atoms with Crippen LogP contribution in [0.4, 0.5) is 0 Å². The number of benzene rings is 2. The third kappa shape index (κ3) is 4.00. The fraction of sp³-hybridized carbons (Fsp3) is 0.429. The van der Waals surface area contributed by atoms with Crippen molar-refractivity contribution >= 4 is 28.1 Å². The van der Waals surface area contributed by atoms with Crippen LogP contribution < -0.4 is 3.32 Å². The van der Waals surface area contributed by atoms with Crippen molar-refractivity contribution < 1.29 is 24.4 Å². The van der Waals surface area contributed by atoms with E-state index in [9.17, 15) is 0 Å². The van der Waals surface area contributed by atoms with E-state index in [0.717, 1.165) is 30.8 Å². The summed E-state index contributed by atoms with van der Waals surface area (Å²) in [4.78, 5) is 0. The molecule has 24 heavy (non-hydrogen) atoms. The Balaban J connectivity index is 0.00000144. The standard InChI is InChI=1S/C21H25.2ClH.Hf/c1-20(2,3)16-9-7-14-11-15-8-10-17(21(4,5)6)13-19(15)18(14)12-16;;;/h7,9-10,12-13H,11H2,1-6H3;2*1H;. The fourth-order valence-corrected chi connectivity index (χ4v) is 4.53. The molecule has 0 spiro atoms. The summed E-state index contributed by atoms with van der Waals surface area (Å²) >= 11 is 1.13. The Kier molecular flexibility index (Phi) is 6.63. The molecule has 0 aromatic heterocycles. The van der Waals surface area contributed by atoms with Crippen LogP contribution in [0.5, 0.6) is 0 Å². The second-order valence-electron chi connectivity index (χ2n) is 8.60. The number of hydrogen-bond acceptors (Lipinski definition) is 0. The van der Waals surface area contributed by atoms with E-state index in [-0.39, 0.29) is 35.6 Å². The average molecular weight is 529 g/mol. The summed E-state index contributed by atoms with van der Waals surface area (Å²) in [6.45, 7) is 13.8. The van der Waals surface area contributed by atoms with E-state index in [1.54, 1.807) is 8.88 Å². The zero-order chi connectivity index (χ0) is 16.3. The van der Waals surface area contributed by atoms with Gasteiger partial charge in [0.2, 0.25) is 0 Å². The minimum atomic E-state index is 0. The van der Waals surface area contributed by atoms with E-state index < -0.39 is 0 Å². The number of halogens is 2. The van der Waals surface area contributed by atoms with Gasteiger partial charge in [-0.1, -0.05) is 0 Å². The molecular weight excluding hydrogens is 502 g/mol. The number of rotatable bonds is 0. The maximum atomic E-state index is 2.45. The van der Waals surface area contributed by atoms with Crippen molar-refractivity contribution in [2.24, 2.45) is 0 Å². The maximum Gasteiger partial charge on any atom is -0.147 e. The van der Waals surface area contributed by atoms with Crippen LogP contribution in [0.3, 0.4) is 0 Å². The van der Waals surface area contributed by atoms with Gasteiger partial charge in [0.25, 0.3) is 0 Å². The number of fused-ring (bicyclic) bond motifs is 3. The Labute approximate surface area is 174 Å². The summed E-state index contributed by atoms with van der Waals surface area (Å²) in [5.41, 5.74) is 9.42. The predicted octanol–water partition coefficient (Wildman–Crippen LogP) is 5.87. The zero-order valence-corrected chi connectivity index (χ0v) is 20.6. The SMILES string of the molecule is CC(C)(C)c1ccc2c(c1)-c1cc(C(C)(C)C)c[c]([Hf])c1C2.Cl.Cl. The summed E-state index contributed by atoms with van der Waals surface area (Å²) < 4.78 is 1.58. The molecule has 0 atom stereocenters. The number of hydrogen-bond donors (Lipinski definition) is 0. The van der Waals surface area contributed by atoms with Crippen molar-refractivity contribution in [1.29, 1.82) is 0 Å². The van der Waals surface area contributed by atoms with Crippen molar-refractivity contribution in [3.05, 3.63) is 52.6 Å². The molecule has 2 aromatic rings. The molecule has 0 heterocycles. The molecule has 3 rings (SSSR count). The molecule has 0 aliphatic heterocycles. The first-order valence-corrected chi connectivity index (χ1v) is 9.90. The Morgan fingerprint density at radius 3 is 1.83 bits per heavy atom. The smallest absolute Gasteiger partial charge is 0.147 e. The summed E-state index contributed by atoms with van der Waals surface area (Å²) in [6, 6.07) is 12.0. The molecule has 0 bridgehead atoms. The summed E-state index contributed by atoms with van der Waals surface area (Å²) in [5, 5.41) is 0. The summed E-state index contributed by atoms with van der Waals surface area (Å²) in [7, 11) is 0. The molecule has 1 aliphatic rings. The van der Waals surface area contributed by atoms with Gasteiger partial charge in [-0.2, -0.15) is 0 Å². The van der Waals surface area contributed by atoms with Gasteiger partial charge in [0.15, 0.2) is 0 Å². The first-order chi connectivity index (χ1) is 10.1. The molecule has 0 fully saturated rings. The first-order valence-electron chi connectivity index (χ1n) is 8.10. The van der Waals surface area contributed by atoms with Gasteiger partial charge < -0.3 is 0 Å². The Morgan fingerprint density at radius 2 is 1.29 bits per heavy atom. The van der Waals surface area contributed by atoms with Crippen LogP contribution in [0, 0.1) is 0 Å². The molecule has 129 valence electrons. The maximum absolute atomic E-state index is 2.45. The van der Waals surface area contributed by atoms with Gasteiger partial charge in [-0.05, 0) is 0 Å². The van der Waals surface area contributed by atoms with Crippen LogP contribution in [-0.4, -0.2) is 0 Å². The molecule has 3 heteroatoms. The van der Waals surface area contributed by atoms with Crippen molar-refractivity contribution in [3.8, 4) is 11.1 Å². The predicted molar refractivity (Wildman–Crippen MR) is 106 cm³/mol. The van der Waals surface area contributed by atoms with Crippen LogP contribution in [0.15, 0.2) is 30.3 Å². The van der Waals surface area contributed by atoms with E-state index in [2.05, 4.69) is 71.9 Å². The molecule has 2 aromatic carbocycles. The fourth-order valence-electron chi connectivity index (χ4n) is 3.17. The second-order valence-corrected chi connectivity index (χ2v) is 10.5. The molecule has 0 amide bonds. The van der Waals surface area contributed by atoms with E-state index in [0.29, 0.717) is 0 Å². The molecule has 0 saturated heterocycles. The van der Waals surface area contributed by atoms with E-state index in [4.69, 9.17) is 0 Å². The molecular formula is C21H27Cl2Hf. The van der Waals surface area contributed by atoms with Gasteiger partial charge in [0.1, 0.15) is 0 Å². The van der Waals surface area contributed by atoms with Crippen LogP contribution in [0.25, 0.3) is 11.1 Å². The molecule has 0 radical (unpaired) electrons. The quantitative estimate of drug-likeness (QED) is 0.320. The van der Waals surface area contributed by atoms with Crippen LogP contribution in [-0.2, 0) is 41.6 Å². The van der Waals surface area contributed by atoms with Crippen molar-refractivity contribution in [3.63, 3.8) is 0 Å². The Hall–Kier alpha value is -0.110. The molecule has 1 aliphatic carbocycles. The average Bonchev–Trinajstić information content (AvgIpc) is 2.75. The topological polar surface area (TPSA) is 0 Å². The van der Waals surface area contributed by atoms with E-state index >= 15 is 0 Å².